The number of hydrogen-bond donors (Lipinski definition) is 0. The Kier molecular flexibility index (Phi) is 9.76. The van der Waals surface area contributed by atoms with Gasteiger partial charge >= 0.3 is 11.9 Å². The molecule has 4 aromatic rings. The molecule has 0 aliphatic carbocycles. The highest BCUT2D eigenvalue weighted by Gasteiger charge is 2.13. The van der Waals surface area contributed by atoms with Gasteiger partial charge in [0.1, 0.15) is 23.0 Å². The number of carbonyl (C=O) groups is 2. The minimum absolute atomic E-state index is 0.113. The van der Waals surface area contributed by atoms with E-state index in [9.17, 15) is 29.8 Å². The van der Waals surface area contributed by atoms with Crippen molar-refractivity contribution >= 4 is 23.3 Å². The molecule has 0 unspecified atom stereocenters. The second-order valence-electron chi connectivity index (χ2n) is 8.73. The summed E-state index contributed by atoms with van der Waals surface area (Å²) >= 11 is 0. The second-order valence-corrected chi connectivity index (χ2v) is 8.73. The van der Waals surface area contributed by atoms with Gasteiger partial charge in [0.15, 0.2) is 0 Å². The molecule has 12 nitrogen and oxygen atoms in total. The number of rotatable bonds is 13. The zero-order valence-electron chi connectivity index (χ0n) is 22.0. The van der Waals surface area contributed by atoms with Crippen LogP contribution in [0, 0.1) is 20.2 Å². The first-order valence-corrected chi connectivity index (χ1v) is 12.7. The number of hydrogen-bond acceptors (Lipinski definition) is 10. The largest absolute Gasteiger partial charge is 0.494 e. The molecule has 0 fully saturated rings. The monoisotopic (exact) mass is 572 g/mol. The van der Waals surface area contributed by atoms with Crippen molar-refractivity contribution in [3.63, 3.8) is 0 Å². The van der Waals surface area contributed by atoms with Crippen molar-refractivity contribution in [2.24, 2.45) is 0 Å². The molecule has 0 radical (unpaired) electrons. The summed E-state index contributed by atoms with van der Waals surface area (Å²) in [6.07, 6.45) is 1.45. The molecular weight excluding hydrogens is 548 g/mol. The van der Waals surface area contributed by atoms with E-state index in [2.05, 4.69) is 0 Å². The molecule has 214 valence electrons. The molecule has 0 aliphatic rings. The van der Waals surface area contributed by atoms with E-state index in [1.165, 1.54) is 48.5 Å². The molecule has 0 aromatic heterocycles. The van der Waals surface area contributed by atoms with Crippen LogP contribution in [0.1, 0.15) is 33.6 Å². The van der Waals surface area contributed by atoms with E-state index in [4.69, 9.17) is 18.9 Å². The van der Waals surface area contributed by atoms with Crippen molar-refractivity contribution < 1.29 is 38.4 Å². The van der Waals surface area contributed by atoms with Gasteiger partial charge in [-0.1, -0.05) is 0 Å². The van der Waals surface area contributed by atoms with Gasteiger partial charge in [0.2, 0.25) is 0 Å². The van der Waals surface area contributed by atoms with E-state index in [-0.39, 0.29) is 22.5 Å². The van der Waals surface area contributed by atoms with Crippen LogP contribution < -0.4 is 18.9 Å². The second kappa shape index (κ2) is 14.0. The number of benzene rings is 4. The lowest BCUT2D eigenvalue weighted by atomic mass is 10.2. The summed E-state index contributed by atoms with van der Waals surface area (Å²) in [6.45, 7) is 0.894. The quantitative estimate of drug-likeness (QED) is 0.0595. The molecule has 0 N–H and O–H groups in total. The lowest BCUT2D eigenvalue weighted by molar-refractivity contribution is -0.385. The van der Waals surface area contributed by atoms with Gasteiger partial charge < -0.3 is 18.9 Å². The van der Waals surface area contributed by atoms with E-state index in [0.717, 1.165) is 12.8 Å². The highest BCUT2D eigenvalue weighted by molar-refractivity contribution is 5.91. The Morgan fingerprint density at radius 1 is 0.500 bits per heavy atom. The summed E-state index contributed by atoms with van der Waals surface area (Å²) in [5.41, 5.74) is 0.166. The Hall–Kier alpha value is -5.78. The number of nitrogens with zero attached hydrogens (tertiary/aromatic N) is 2. The molecule has 4 rings (SSSR count). The van der Waals surface area contributed by atoms with Crippen molar-refractivity contribution in [1.29, 1.82) is 0 Å². The van der Waals surface area contributed by atoms with Gasteiger partial charge in [-0.3, -0.25) is 20.2 Å². The summed E-state index contributed by atoms with van der Waals surface area (Å²) in [6, 6.07) is 23.3. The molecule has 0 bridgehead atoms. The third-order valence-electron chi connectivity index (χ3n) is 5.77. The fourth-order valence-corrected chi connectivity index (χ4v) is 3.56. The summed E-state index contributed by atoms with van der Waals surface area (Å²) < 4.78 is 22.0. The standard InChI is InChI=1S/C30H24N2O10/c33-29(21-3-7-23(8-4-21)31(35)36)41-27-15-11-25(12-16-27)39-19-1-2-20-40-26-13-17-28(18-14-26)42-30(34)22-5-9-24(10-6-22)32(37)38/h3-18H,1-2,19-20H2. The Morgan fingerprint density at radius 3 is 1.12 bits per heavy atom. The highest BCUT2D eigenvalue weighted by atomic mass is 16.6. The number of unbranched alkanes of at least 4 members (excludes halogenated alkanes) is 1. The van der Waals surface area contributed by atoms with Gasteiger partial charge in [-0.15, -0.1) is 0 Å². The predicted octanol–water partition coefficient (Wildman–Crippen LogP) is 6.18. The minimum Gasteiger partial charge on any atom is -0.494 e. The molecule has 0 aliphatic heterocycles. The molecule has 42 heavy (non-hydrogen) atoms. The lowest BCUT2D eigenvalue weighted by Gasteiger charge is -2.09. The van der Waals surface area contributed by atoms with E-state index < -0.39 is 21.8 Å². The van der Waals surface area contributed by atoms with Gasteiger partial charge in [0.25, 0.3) is 11.4 Å². The Labute approximate surface area is 239 Å². The lowest BCUT2D eigenvalue weighted by Crippen LogP contribution is -2.08. The molecule has 12 heteroatoms. The average Bonchev–Trinajstić information content (AvgIpc) is 3.00. The van der Waals surface area contributed by atoms with E-state index in [1.807, 2.05) is 0 Å². The van der Waals surface area contributed by atoms with Crippen molar-refractivity contribution in [2.75, 3.05) is 13.2 Å². The zero-order chi connectivity index (χ0) is 29.9. The third-order valence-corrected chi connectivity index (χ3v) is 5.77. The Bertz CT molecular complexity index is 1420. The molecule has 0 heterocycles. The Balaban J connectivity index is 1.12. The van der Waals surface area contributed by atoms with Crippen molar-refractivity contribution in [2.45, 2.75) is 12.8 Å². The fraction of sp³-hybridized carbons (Fsp3) is 0.133. The first-order valence-electron chi connectivity index (χ1n) is 12.7. The number of nitro benzene ring substituents is 2. The van der Waals surface area contributed by atoms with E-state index in [0.29, 0.717) is 36.2 Å². The topological polar surface area (TPSA) is 157 Å². The molecule has 0 atom stereocenters. The maximum Gasteiger partial charge on any atom is 0.343 e. The highest BCUT2D eigenvalue weighted by Crippen LogP contribution is 2.22. The van der Waals surface area contributed by atoms with Crippen LogP contribution in [-0.2, 0) is 0 Å². The van der Waals surface area contributed by atoms with Crippen LogP contribution in [-0.4, -0.2) is 35.0 Å². The maximum absolute atomic E-state index is 12.2. The smallest absolute Gasteiger partial charge is 0.343 e. The molecule has 0 spiro atoms. The third kappa shape index (κ3) is 8.36. The summed E-state index contributed by atoms with van der Waals surface area (Å²) in [7, 11) is 0. The van der Waals surface area contributed by atoms with Crippen LogP contribution in [0.5, 0.6) is 23.0 Å². The number of carbonyl (C=O) groups excluding carboxylic acids is 2. The summed E-state index contributed by atoms with van der Waals surface area (Å²) in [4.78, 5) is 44.8. The molecule has 4 aromatic carbocycles. The first kappa shape index (κ1) is 29.2. The van der Waals surface area contributed by atoms with Crippen LogP contribution in [0.3, 0.4) is 0 Å². The number of nitro groups is 2. The maximum atomic E-state index is 12.2. The summed E-state index contributed by atoms with van der Waals surface area (Å²) in [5, 5.41) is 21.5. The van der Waals surface area contributed by atoms with Gasteiger partial charge in [-0.05, 0) is 85.6 Å². The van der Waals surface area contributed by atoms with Crippen LogP contribution in [0.4, 0.5) is 11.4 Å². The van der Waals surface area contributed by atoms with Gasteiger partial charge in [-0.2, -0.15) is 0 Å². The predicted molar refractivity (Wildman–Crippen MR) is 149 cm³/mol. The van der Waals surface area contributed by atoms with Gasteiger partial charge in [0.05, 0.1) is 34.2 Å². The molecule has 0 saturated carbocycles. The van der Waals surface area contributed by atoms with E-state index >= 15 is 0 Å². The van der Waals surface area contributed by atoms with Crippen molar-refractivity contribution in [3.05, 3.63) is 128 Å². The molecular formula is C30H24N2O10. The first-order chi connectivity index (χ1) is 20.3. The van der Waals surface area contributed by atoms with Gasteiger partial charge in [-0.25, -0.2) is 9.59 Å². The van der Waals surface area contributed by atoms with Crippen molar-refractivity contribution in [3.8, 4) is 23.0 Å². The van der Waals surface area contributed by atoms with Crippen molar-refractivity contribution in [1.82, 2.24) is 0 Å². The Morgan fingerprint density at radius 2 is 0.810 bits per heavy atom. The molecule has 0 amide bonds. The van der Waals surface area contributed by atoms with Crippen LogP contribution in [0.2, 0.25) is 0 Å². The summed E-state index contributed by atoms with van der Waals surface area (Å²) in [5.74, 6) is 0.570. The van der Waals surface area contributed by atoms with Crippen LogP contribution in [0.25, 0.3) is 0 Å². The number of non-ortho nitro benzene ring substituents is 2. The van der Waals surface area contributed by atoms with Crippen LogP contribution in [0.15, 0.2) is 97.1 Å². The minimum atomic E-state index is -0.628. The van der Waals surface area contributed by atoms with Gasteiger partial charge in [0, 0.05) is 24.3 Å². The normalized spacial score (nSPS) is 10.4. The zero-order valence-corrected chi connectivity index (χ0v) is 22.0. The fourth-order valence-electron chi connectivity index (χ4n) is 3.56. The number of esters is 2. The van der Waals surface area contributed by atoms with E-state index in [1.54, 1.807) is 48.5 Å². The van der Waals surface area contributed by atoms with Crippen LogP contribution >= 0.6 is 0 Å². The SMILES string of the molecule is O=C(Oc1ccc(OCCCCOc2ccc(OC(=O)c3ccc([N+](=O)[O-])cc3)cc2)cc1)c1ccc([N+](=O)[O-])cc1. The number of ether oxygens (including phenoxy) is 4. The molecule has 0 saturated heterocycles. The average molecular weight is 573 g/mol.